The smallest absolute Gasteiger partial charge is 0.161 e. The van der Waals surface area contributed by atoms with E-state index in [1.165, 1.54) is 23.5 Å². The van der Waals surface area contributed by atoms with E-state index in [9.17, 15) is 4.39 Å². The fourth-order valence-corrected chi connectivity index (χ4v) is 2.90. The number of para-hydroxylation sites is 2. The minimum absolute atomic E-state index is 0.0541. The third kappa shape index (κ3) is 4.10. The van der Waals surface area contributed by atoms with Gasteiger partial charge in [0, 0.05) is 10.9 Å². The standard InChI is InChI=1S/C18H16FNO3S/c19-14-7-5-13(6-8-14)18-20-15(12-24-18)11-23-17-4-2-1-3-16(17)22-10-9-21/h1-8,12,21H,9-11H2. The van der Waals surface area contributed by atoms with Crippen molar-refractivity contribution in [2.75, 3.05) is 13.2 Å². The number of benzene rings is 2. The third-order valence-electron chi connectivity index (χ3n) is 3.22. The Kier molecular flexibility index (Phi) is 5.40. The molecule has 6 heteroatoms. The molecule has 24 heavy (non-hydrogen) atoms. The summed E-state index contributed by atoms with van der Waals surface area (Å²) in [6.45, 7) is 0.463. The van der Waals surface area contributed by atoms with Gasteiger partial charge in [-0.05, 0) is 36.4 Å². The summed E-state index contributed by atoms with van der Waals surface area (Å²) < 4.78 is 24.2. The van der Waals surface area contributed by atoms with Crippen LogP contribution in [0.1, 0.15) is 5.69 Å². The summed E-state index contributed by atoms with van der Waals surface area (Å²) in [4.78, 5) is 4.51. The molecule has 0 amide bonds. The molecule has 0 saturated heterocycles. The fourth-order valence-electron chi connectivity index (χ4n) is 2.09. The molecule has 3 aromatic rings. The minimum Gasteiger partial charge on any atom is -0.487 e. The first-order valence-electron chi connectivity index (χ1n) is 7.42. The molecule has 0 bridgehead atoms. The Bertz CT molecular complexity index is 789. The van der Waals surface area contributed by atoms with Crippen molar-refractivity contribution in [2.45, 2.75) is 6.61 Å². The van der Waals surface area contributed by atoms with Crippen LogP contribution in [-0.2, 0) is 6.61 Å². The Morgan fingerprint density at radius 3 is 2.42 bits per heavy atom. The zero-order valence-corrected chi connectivity index (χ0v) is 13.6. The number of thiazole rings is 1. The van der Waals surface area contributed by atoms with Crippen LogP contribution in [0, 0.1) is 5.82 Å². The molecule has 1 N–H and O–H groups in total. The average Bonchev–Trinajstić information content (AvgIpc) is 3.08. The second-order valence-electron chi connectivity index (χ2n) is 4.96. The van der Waals surface area contributed by atoms with Gasteiger partial charge in [0.05, 0.1) is 12.3 Å². The van der Waals surface area contributed by atoms with Gasteiger partial charge in [0.2, 0.25) is 0 Å². The van der Waals surface area contributed by atoms with Gasteiger partial charge in [-0.15, -0.1) is 11.3 Å². The van der Waals surface area contributed by atoms with Crippen LogP contribution in [0.15, 0.2) is 53.9 Å². The molecule has 0 atom stereocenters. The summed E-state index contributed by atoms with van der Waals surface area (Å²) in [5.41, 5.74) is 1.66. The zero-order chi connectivity index (χ0) is 16.8. The summed E-state index contributed by atoms with van der Waals surface area (Å²) in [7, 11) is 0. The fraction of sp³-hybridized carbons (Fsp3) is 0.167. The first-order chi connectivity index (χ1) is 11.8. The van der Waals surface area contributed by atoms with Gasteiger partial charge in [-0.25, -0.2) is 9.37 Å². The molecular weight excluding hydrogens is 329 g/mol. The van der Waals surface area contributed by atoms with E-state index in [4.69, 9.17) is 14.6 Å². The SMILES string of the molecule is OCCOc1ccccc1OCc1csc(-c2ccc(F)cc2)n1. The van der Waals surface area contributed by atoms with Crippen molar-refractivity contribution in [3.8, 4) is 22.1 Å². The van der Waals surface area contributed by atoms with Gasteiger partial charge in [-0.2, -0.15) is 0 Å². The summed E-state index contributed by atoms with van der Waals surface area (Å²) in [6.07, 6.45) is 0. The van der Waals surface area contributed by atoms with E-state index in [0.717, 1.165) is 16.3 Å². The maximum atomic E-state index is 13.0. The molecule has 1 aromatic heterocycles. The number of aliphatic hydroxyl groups excluding tert-OH is 1. The number of hydrogen-bond acceptors (Lipinski definition) is 5. The number of hydrogen-bond donors (Lipinski definition) is 1. The first-order valence-corrected chi connectivity index (χ1v) is 8.30. The minimum atomic E-state index is -0.265. The molecular formula is C18H16FNO3S. The van der Waals surface area contributed by atoms with Crippen molar-refractivity contribution in [3.05, 3.63) is 65.4 Å². The monoisotopic (exact) mass is 345 g/mol. The quantitative estimate of drug-likeness (QED) is 0.706. The maximum Gasteiger partial charge on any atom is 0.161 e. The van der Waals surface area contributed by atoms with Gasteiger partial charge in [0.25, 0.3) is 0 Å². The van der Waals surface area contributed by atoms with Gasteiger partial charge in [-0.1, -0.05) is 12.1 Å². The third-order valence-corrected chi connectivity index (χ3v) is 4.16. The number of aliphatic hydroxyl groups is 1. The van der Waals surface area contributed by atoms with Crippen LogP contribution in [0.2, 0.25) is 0 Å². The Labute approximate surface area is 143 Å². The van der Waals surface area contributed by atoms with Crippen molar-refractivity contribution < 1.29 is 19.0 Å². The molecule has 0 radical (unpaired) electrons. The van der Waals surface area contributed by atoms with Crippen molar-refractivity contribution in [1.82, 2.24) is 4.98 Å². The van der Waals surface area contributed by atoms with E-state index in [0.29, 0.717) is 18.1 Å². The Morgan fingerprint density at radius 2 is 1.71 bits per heavy atom. The van der Waals surface area contributed by atoms with E-state index in [-0.39, 0.29) is 19.0 Å². The lowest BCUT2D eigenvalue weighted by Gasteiger charge is -2.11. The molecule has 1 heterocycles. The summed E-state index contributed by atoms with van der Waals surface area (Å²) >= 11 is 1.48. The number of ether oxygens (including phenoxy) is 2. The molecule has 0 saturated carbocycles. The number of aromatic nitrogens is 1. The van der Waals surface area contributed by atoms with Crippen molar-refractivity contribution in [1.29, 1.82) is 0 Å². The normalized spacial score (nSPS) is 10.6. The largest absolute Gasteiger partial charge is 0.487 e. The predicted octanol–water partition coefficient (Wildman–Crippen LogP) is 3.90. The van der Waals surface area contributed by atoms with Crippen LogP contribution in [0.5, 0.6) is 11.5 Å². The van der Waals surface area contributed by atoms with E-state index in [1.54, 1.807) is 24.3 Å². The lowest BCUT2D eigenvalue weighted by atomic mass is 10.2. The lowest BCUT2D eigenvalue weighted by Crippen LogP contribution is -2.04. The molecule has 3 rings (SSSR count). The molecule has 0 aliphatic carbocycles. The predicted molar refractivity (Wildman–Crippen MR) is 90.9 cm³/mol. The Balaban J connectivity index is 1.66. The number of halogens is 1. The van der Waals surface area contributed by atoms with Crippen molar-refractivity contribution in [2.24, 2.45) is 0 Å². The highest BCUT2D eigenvalue weighted by Gasteiger charge is 2.08. The van der Waals surface area contributed by atoms with E-state index >= 15 is 0 Å². The molecule has 0 aliphatic heterocycles. The van der Waals surface area contributed by atoms with Crippen LogP contribution in [0.3, 0.4) is 0 Å². The summed E-state index contributed by atoms with van der Waals surface area (Å²) in [6, 6.07) is 13.5. The molecule has 124 valence electrons. The van der Waals surface area contributed by atoms with E-state index in [2.05, 4.69) is 4.98 Å². The molecule has 2 aromatic carbocycles. The highest BCUT2D eigenvalue weighted by atomic mass is 32.1. The van der Waals surface area contributed by atoms with Crippen molar-refractivity contribution >= 4 is 11.3 Å². The van der Waals surface area contributed by atoms with Crippen LogP contribution >= 0.6 is 11.3 Å². The zero-order valence-electron chi connectivity index (χ0n) is 12.8. The van der Waals surface area contributed by atoms with Crippen LogP contribution in [-0.4, -0.2) is 23.3 Å². The summed E-state index contributed by atoms with van der Waals surface area (Å²) in [5, 5.41) is 11.6. The average molecular weight is 345 g/mol. The van der Waals surface area contributed by atoms with Crippen LogP contribution in [0.25, 0.3) is 10.6 Å². The number of nitrogens with zero attached hydrogens (tertiary/aromatic N) is 1. The molecule has 0 spiro atoms. The topological polar surface area (TPSA) is 51.6 Å². The Hall–Kier alpha value is -2.44. The van der Waals surface area contributed by atoms with Gasteiger partial charge in [0.1, 0.15) is 24.0 Å². The Morgan fingerprint density at radius 1 is 1.00 bits per heavy atom. The molecule has 0 aliphatic rings. The first kappa shape index (κ1) is 16.4. The van der Waals surface area contributed by atoms with Gasteiger partial charge >= 0.3 is 0 Å². The van der Waals surface area contributed by atoms with Crippen LogP contribution < -0.4 is 9.47 Å². The number of rotatable bonds is 7. The van der Waals surface area contributed by atoms with Gasteiger partial charge < -0.3 is 14.6 Å². The van der Waals surface area contributed by atoms with Crippen LogP contribution in [0.4, 0.5) is 4.39 Å². The van der Waals surface area contributed by atoms with Crippen molar-refractivity contribution in [3.63, 3.8) is 0 Å². The second-order valence-corrected chi connectivity index (χ2v) is 5.82. The highest BCUT2D eigenvalue weighted by molar-refractivity contribution is 7.13. The lowest BCUT2D eigenvalue weighted by molar-refractivity contribution is 0.192. The van der Waals surface area contributed by atoms with Gasteiger partial charge in [-0.3, -0.25) is 0 Å². The second kappa shape index (κ2) is 7.90. The van der Waals surface area contributed by atoms with Gasteiger partial charge in [0.15, 0.2) is 11.5 Å². The molecule has 0 fully saturated rings. The molecule has 0 unspecified atom stereocenters. The highest BCUT2D eigenvalue weighted by Crippen LogP contribution is 2.28. The summed E-state index contributed by atoms with van der Waals surface area (Å²) in [5.74, 6) is 0.918. The molecule has 4 nitrogen and oxygen atoms in total. The van der Waals surface area contributed by atoms with E-state index in [1.807, 2.05) is 17.5 Å². The maximum absolute atomic E-state index is 13.0. The van der Waals surface area contributed by atoms with E-state index < -0.39 is 0 Å².